The Morgan fingerprint density at radius 1 is 1.00 bits per heavy atom. The molecule has 0 amide bonds. The van der Waals surface area contributed by atoms with Gasteiger partial charge in [0.05, 0.1) is 0 Å². The molecule has 31 heavy (non-hydrogen) atoms. The van der Waals surface area contributed by atoms with Crippen molar-refractivity contribution in [2.75, 3.05) is 0 Å². The van der Waals surface area contributed by atoms with Crippen molar-refractivity contribution in [1.82, 2.24) is 0 Å². The molecule has 1 N–H and O–H groups in total. The van der Waals surface area contributed by atoms with E-state index in [0.29, 0.717) is 32.7 Å². The van der Waals surface area contributed by atoms with E-state index in [4.69, 9.17) is 20.8 Å². The van der Waals surface area contributed by atoms with Crippen LogP contribution in [-0.4, -0.2) is 11.1 Å². The predicted octanol–water partition coefficient (Wildman–Crippen LogP) is 4.73. The molecule has 0 radical (unpaired) electrons. The normalized spacial score (nSPS) is 11.5. The van der Waals surface area contributed by atoms with Crippen LogP contribution < -0.4 is 5.63 Å². The van der Waals surface area contributed by atoms with E-state index in [1.165, 1.54) is 6.07 Å². The van der Waals surface area contributed by atoms with Crippen molar-refractivity contribution in [1.29, 1.82) is 0 Å². The van der Waals surface area contributed by atoms with Gasteiger partial charge in [-0.2, -0.15) is 0 Å². The number of aryl methyl sites for hydroxylation is 1. The molecule has 0 saturated carbocycles. The molecule has 3 aromatic carbocycles. The van der Waals surface area contributed by atoms with E-state index in [0.717, 1.165) is 5.56 Å². The maximum Gasteiger partial charge on any atom is 0.348 e. The van der Waals surface area contributed by atoms with Gasteiger partial charge in [-0.3, -0.25) is 0 Å². The van der Waals surface area contributed by atoms with Gasteiger partial charge in [0.1, 0.15) is 12.2 Å². The first-order valence-electron chi connectivity index (χ1n) is 9.63. The maximum absolute atomic E-state index is 13.2. The molecular weight excluding hydrogens is 416 g/mol. The summed E-state index contributed by atoms with van der Waals surface area (Å²) in [6, 6.07) is 21.7. The first-order valence-corrected chi connectivity index (χ1v) is 10.0. The molecule has 1 heterocycles. The summed E-state index contributed by atoms with van der Waals surface area (Å²) in [7, 11) is 0. The van der Waals surface area contributed by atoms with Crippen LogP contribution in [0.1, 0.15) is 22.3 Å². The zero-order valence-corrected chi connectivity index (χ0v) is 17.4. The number of carbonyl (C=O) groups excluding carboxylic acids is 1. The molecular formula is C25H19ClO5. The van der Waals surface area contributed by atoms with Crippen LogP contribution in [0.25, 0.3) is 11.0 Å². The SMILES string of the molecule is Cc1cc2oc(=O)cc(COC(=O)C(O)(c3ccccc3)c3ccccc3)c2cc1Cl. The zero-order valence-electron chi connectivity index (χ0n) is 16.7. The van der Waals surface area contributed by atoms with Crippen molar-refractivity contribution in [2.24, 2.45) is 0 Å². The molecule has 156 valence electrons. The number of carbonyl (C=O) groups is 1. The fourth-order valence-corrected chi connectivity index (χ4v) is 3.64. The molecule has 0 aliphatic heterocycles. The second-order valence-electron chi connectivity index (χ2n) is 7.21. The Bertz CT molecular complexity index is 1260. The van der Waals surface area contributed by atoms with Crippen molar-refractivity contribution in [3.05, 3.63) is 117 Å². The van der Waals surface area contributed by atoms with Gasteiger partial charge in [0, 0.05) is 22.0 Å². The Labute approximate surface area is 183 Å². The van der Waals surface area contributed by atoms with Crippen molar-refractivity contribution in [2.45, 2.75) is 19.1 Å². The molecule has 0 aliphatic rings. The van der Waals surface area contributed by atoms with Gasteiger partial charge in [0.2, 0.25) is 5.60 Å². The van der Waals surface area contributed by atoms with Gasteiger partial charge in [-0.15, -0.1) is 0 Å². The molecule has 0 bridgehead atoms. The summed E-state index contributed by atoms with van der Waals surface area (Å²) < 4.78 is 10.8. The Hall–Kier alpha value is -3.41. The van der Waals surface area contributed by atoms with E-state index in [9.17, 15) is 14.7 Å². The minimum atomic E-state index is -2.01. The van der Waals surface area contributed by atoms with Crippen molar-refractivity contribution < 1.29 is 19.1 Å². The number of aliphatic hydroxyl groups is 1. The third kappa shape index (κ3) is 3.98. The first kappa shape index (κ1) is 20.8. The summed E-state index contributed by atoms with van der Waals surface area (Å²) in [6.45, 7) is 1.57. The van der Waals surface area contributed by atoms with E-state index in [-0.39, 0.29) is 6.61 Å². The largest absolute Gasteiger partial charge is 0.458 e. The summed E-state index contributed by atoms with van der Waals surface area (Å²) >= 11 is 6.23. The van der Waals surface area contributed by atoms with Gasteiger partial charge in [-0.05, 0) is 35.7 Å². The average molecular weight is 435 g/mol. The van der Waals surface area contributed by atoms with Crippen LogP contribution in [0, 0.1) is 6.92 Å². The highest BCUT2D eigenvalue weighted by Gasteiger charge is 2.41. The molecule has 6 heteroatoms. The molecule has 0 atom stereocenters. The van der Waals surface area contributed by atoms with Gasteiger partial charge >= 0.3 is 11.6 Å². The van der Waals surface area contributed by atoms with Crippen molar-refractivity contribution in [3.8, 4) is 0 Å². The number of benzene rings is 3. The van der Waals surface area contributed by atoms with E-state index in [1.54, 1.807) is 79.7 Å². The summed E-state index contributed by atoms with van der Waals surface area (Å²) in [5.74, 6) is -0.857. The second-order valence-corrected chi connectivity index (χ2v) is 7.61. The monoisotopic (exact) mass is 434 g/mol. The standard InChI is InChI=1S/C25H19ClO5/c1-16-12-22-20(14-21(16)26)17(13-23(27)31-22)15-30-24(28)25(29,18-8-4-2-5-9-18)19-10-6-3-7-11-19/h2-14,29H,15H2,1H3. The summed E-state index contributed by atoms with van der Waals surface area (Å²) in [5, 5.41) is 12.5. The first-order chi connectivity index (χ1) is 14.9. The maximum atomic E-state index is 13.2. The lowest BCUT2D eigenvalue weighted by Gasteiger charge is -2.27. The molecule has 4 rings (SSSR count). The predicted molar refractivity (Wildman–Crippen MR) is 118 cm³/mol. The van der Waals surface area contributed by atoms with Crippen LogP contribution in [0.5, 0.6) is 0 Å². The Kier molecular flexibility index (Phi) is 5.63. The van der Waals surface area contributed by atoms with Crippen molar-refractivity contribution in [3.63, 3.8) is 0 Å². The third-order valence-electron chi connectivity index (χ3n) is 5.15. The summed E-state index contributed by atoms with van der Waals surface area (Å²) in [5.41, 5.74) is -0.279. The molecule has 0 saturated heterocycles. The van der Waals surface area contributed by atoms with Gasteiger partial charge in [0.15, 0.2) is 0 Å². The van der Waals surface area contributed by atoms with Crippen LogP contribution in [0.2, 0.25) is 5.02 Å². The number of ether oxygens (including phenoxy) is 1. The smallest absolute Gasteiger partial charge is 0.348 e. The number of esters is 1. The average Bonchev–Trinajstić information content (AvgIpc) is 2.79. The molecule has 4 aromatic rings. The van der Waals surface area contributed by atoms with Crippen molar-refractivity contribution >= 4 is 28.5 Å². The lowest BCUT2D eigenvalue weighted by atomic mass is 9.86. The number of rotatable bonds is 5. The minimum absolute atomic E-state index is 0.234. The second kappa shape index (κ2) is 8.38. The van der Waals surface area contributed by atoms with E-state index >= 15 is 0 Å². The van der Waals surface area contributed by atoms with Gasteiger partial charge in [-0.1, -0.05) is 72.3 Å². The topological polar surface area (TPSA) is 76.7 Å². The number of hydrogen-bond donors (Lipinski definition) is 1. The van der Waals surface area contributed by atoms with Crippen LogP contribution in [0.3, 0.4) is 0 Å². The van der Waals surface area contributed by atoms with E-state index in [2.05, 4.69) is 0 Å². The Morgan fingerprint density at radius 3 is 2.16 bits per heavy atom. The highest BCUT2D eigenvalue weighted by Crippen LogP contribution is 2.32. The number of fused-ring (bicyclic) bond motifs is 1. The zero-order chi connectivity index (χ0) is 22.0. The van der Waals surface area contributed by atoms with Crippen LogP contribution in [0.4, 0.5) is 0 Å². The van der Waals surface area contributed by atoms with E-state index in [1.807, 2.05) is 0 Å². The Balaban J connectivity index is 1.71. The lowest BCUT2D eigenvalue weighted by Crippen LogP contribution is -2.38. The molecule has 0 fully saturated rings. The molecule has 5 nitrogen and oxygen atoms in total. The molecule has 1 aromatic heterocycles. The highest BCUT2D eigenvalue weighted by atomic mass is 35.5. The van der Waals surface area contributed by atoms with Crippen LogP contribution in [-0.2, 0) is 21.7 Å². The lowest BCUT2D eigenvalue weighted by molar-refractivity contribution is -0.163. The Morgan fingerprint density at radius 2 is 1.58 bits per heavy atom. The third-order valence-corrected chi connectivity index (χ3v) is 5.55. The quantitative estimate of drug-likeness (QED) is 0.363. The minimum Gasteiger partial charge on any atom is -0.458 e. The molecule has 0 aliphatic carbocycles. The van der Waals surface area contributed by atoms with E-state index < -0.39 is 17.2 Å². The van der Waals surface area contributed by atoms with Crippen LogP contribution in [0.15, 0.2) is 88.1 Å². The summed E-state index contributed by atoms with van der Waals surface area (Å²) in [6.07, 6.45) is 0. The highest BCUT2D eigenvalue weighted by molar-refractivity contribution is 6.32. The van der Waals surface area contributed by atoms with Gasteiger partial charge in [0.25, 0.3) is 0 Å². The summed E-state index contributed by atoms with van der Waals surface area (Å²) in [4.78, 5) is 25.2. The van der Waals surface area contributed by atoms with Gasteiger partial charge < -0.3 is 14.3 Å². The molecule has 0 spiro atoms. The van der Waals surface area contributed by atoms with Crippen LogP contribution >= 0.6 is 11.6 Å². The number of halogens is 1. The fourth-order valence-electron chi connectivity index (χ4n) is 3.48. The van der Waals surface area contributed by atoms with Gasteiger partial charge in [-0.25, -0.2) is 9.59 Å². The molecule has 0 unspecified atom stereocenters. The number of hydrogen-bond acceptors (Lipinski definition) is 5. The fraction of sp³-hybridized carbons (Fsp3) is 0.120.